The fraction of sp³-hybridized carbons (Fsp3) is 0.273. The summed E-state index contributed by atoms with van der Waals surface area (Å²) in [7, 11) is 0. The minimum absolute atomic E-state index is 0. The van der Waals surface area contributed by atoms with Crippen LogP contribution in [0.1, 0.15) is 40.7 Å². The summed E-state index contributed by atoms with van der Waals surface area (Å²) in [5, 5.41) is 1.24. The van der Waals surface area contributed by atoms with E-state index in [1.165, 1.54) is 19.3 Å². The third-order valence-electron chi connectivity index (χ3n) is 7.24. The van der Waals surface area contributed by atoms with Crippen LogP contribution in [-0.2, 0) is 4.79 Å². The third kappa shape index (κ3) is 8.46. The molecule has 0 aliphatic carbocycles. The molecule has 0 aromatic heterocycles. The van der Waals surface area contributed by atoms with Crippen molar-refractivity contribution >= 4 is 59.5 Å². The van der Waals surface area contributed by atoms with Gasteiger partial charge >= 0.3 is 0 Å². The van der Waals surface area contributed by atoms with E-state index >= 15 is 0 Å². The smallest absolute Gasteiger partial charge is 0.254 e. The molecule has 0 saturated carbocycles. The summed E-state index contributed by atoms with van der Waals surface area (Å²) < 4.78 is 5.94. The fourth-order valence-corrected chi connectivity index (χ4v) is 5.31. The van der Waals surface area contributed by atoms with Gasteiger partial charge in [0, 0.05) is 33.3 Å². The zero-order valence-electron chi connectivity index (χ0n) is 22.7. The summed E-state index contributed by atoms with van der Waals surface area (Å²) in [6, 6.07) is 21.8. The van der Waals surface area contributed by atoms with Crippen LogP contribution >= 0.6 is 35.6 Å². The topological polar surface area (TPSA) is 49.9 Å². The highest BCUT2D eigenvalue weighted by Gasteiger charge is 2.29. The lowest BCUT2D eigenvalue weighted by atomic mass is 9.93. The van der Waals surface area contributed by atoms with Gasteiger partial charge in [-0.05, 0) is 97.7 Å². The van der Waals surface area contributed by atoms with Crippen LogP contribution in [0.4, 0.5) is 0 Å². The number of hydrogen-bond donors (Lipinski definition) is 0. The second-order valence-corrected chi connectivity index (χ2v) is 11.1. The third-order valence-corrected chi connectivity index (χ3v) is 7.74. The molecule has 41 heavy (non-hydrogen) atoms. The summed E-state index contributed by atoms with van der Waals surface area (Å²) in [6.45, 7) is 4.24. The number of amides is 1. The molecule has 0 radical (unpaired) electrons. The van der Waals surface area contributed by atoms with Crippen molar-refractivity contribution in [1.82, 2.24) is 9.80 Å². The minimum Gasteiger partial charge on any atom is -0.492 e. The highest BCUT2D eigenvalue weighted by atomic mass is 35.5. The van der Waals surface area contributed by atoms with E-state index < -0.39 is 0 Å². The van der Waals surface area contributed by atoms with Gasteiger partial charge in [0.15, 0.2) is 5.78 Å². The predicted octanol–water partition coefficient (Wildman–Crippen LogP) is 7.47. The van der Waals surface area contributed by atoms with Crippen molar-refractivity contribution in [3.63, 3.8) is 0 Å². The zero-order chi connectivity index (χ0) is 27.9. The maximum absolute atomic E-state index is 13.6. The number of benzene rings is 3. The number of nitrogens with zero attached hydrogens (tertiary/aromatic N) is 2. The Hall–Kier alpha value is -3.09. The Labute approximate surface area is 257 Å². The normalized spacial score (nSPS) is 17.9. The molecular formula is C33H33Cl3N2O3. The van der Waals surface area contributed by atoms with E-state index in [9.17, 15) is 9.59 Å². The van der Waals surface area contributed by atoms with Gasteiger partial charge in [-0.3, -0.25) is 14.5 Å². The highest BCUT2D eigenvalue weighted by molar-refractivity contribution is 6.31. The van der Waals surface area contributed by atoms with Gasteiger partial charge in [-0.1, -0.05) is 53.9 Å². The average molecular weight is 612 g/mol. The molecular weight excluding hydrogens is 579 g/mol. The number of carbonyl (C=O) groups excluding carboxylic acids is 2. The lowest BCUT2D eigenvalue weighted by Crippen LogP contribution is -2.41. The standard InChI is InChI=1S/C33H32Cl2N2O3.ClH/c34-29-10-4-24(5-11-29)20-27-22-37(23-28(32(27)38)21-25-6-12-30(35)13-7-25)33(39)26-8-14-31(15-9-26)40-19-18-36-16-2-1-3-17-36;/h4-15,20-21H,1-3,16-19,22-23H2;1H. The van der Waals surface area contributed by atoms with Gasteiger partial charge in [0.1, 0.15) is 12.4 Å². The summed E-state index contributed by atoms with van der Waals surface area (Å²) in [5.41, 5.74) is 3.33. The Balaban J connectivity index is 0.00000387. The number of carbonyl (C=O) groups is 2. The number of piperidine rings is 2. The van der Waals surface area contributed by atoms with Crippen LogP contribution in [0.3, 0.4) is 0 Å². The van der Waals surface area contributed by atoms with Crippen LogP contribution in [0.2, 0.25) is 10.0 Å². The van der Waals surface area contributed by atoms with E-state index in [-0.39, 0.29) is 37.2 Å². The fourth-order valence-electron chi connectivity index (χ4n) is 5.06. The van der Waals surface area contributed by atoms with E-state index in [0.717, 1.165) is 36.5 Å². The van der Waals surface area contributed by atoms with Gasteiger partial charge in [-0.2, -0.15) is 0 Å². The molecule has 1 amide bonds. The molecule has 0 spiro atoms. The van der Waals surface area contributed by atoms with Crippen LogP contribution in [0, 0.1) is 0 Å². The van der Waals surface area contributed by atoms with Crippen LogP contribution in [0.15, 0.2) is 83.9 Å². The average Bonchev–Trinajstić information content (AvgIpc) is 2.98. The summed E-state index contributed by atoms with van der Waals surface area (Å²) in [4.78, 5) is 31.2. The lowest BCUT2D eigenvalue weighted by molar-refractivity contribution is -0.113. The van der Waals surface area contributed by atoms with Gasteiger partial charge in [0.25, 0.3) is 5.91 Å². The molecule has 2 fully saturated rings. The van der Waals surface area contributed by atoms with Gasteiger partial charge in [0.2, 0.25) is 0 Å². The van der Waals surface area contributed by atoms with E-state index in [0.29, 0.717) is 33.4 Å². The largest absolute Gasteiger partial charge is 0.492 e. The van der Waals surface area contributed by atoms with Crippen molar-refractivity contribution < 1.29 is 14.3 Å². The number of halogens is 3. The monoisotopic (exact) mass is 610 g/mol. The number of ether oxygens (including phenoxy) is 1. The van der Waals surface area contributed by atoms with E-state index in [1.54, 1.807) is 41.3 Å². The molecule has 2 saturated heterocycles. The summed E-state index contributed by atoms with van der Waals surface area (Å²) in [5.74, 6) is 0.525. The molecule has 3 aromatic rings. The Morgan fingerprint density at radius 1 is 0.756 bits per heavy atom. The first kappa shape index (κ1) is 30.9. The number of rotatable bonds is 7. The molecule has 5 nitrogen and oxygen atoms in total. The van der Waals surface area contributed by atoms with Crippen LogP contribution in [0.25, 0.3) is 12.2 Å². The van der Waals surface area contributed by atoms with Gasteiger partial charge in [-0.15, -0.1) is 12.4 Å². The SMILES string of the molecule is Cl.O=C1C(=Cc2ccc(Cl)cc2)CN(C(=O)c2ccc(OCCN3CCCCC3)cc2)CC1=Cc1ccc(Cl)cc1. The lowest BCUT2D eigenvalue weighted by Gasteiger charge is -2.30. The second kappa shape index (κ2) is 14.7. The molecule has 0 unspecified atom stereocenters. The number of likely N-dealkylation sites (tertiary alicyclic amines) is 2. The Morgan fingerprint density at radius 3 is 1.78 bits per heavy atom. The predicted molar refractivity (Wildman–Crippen MR) is 169 cm³/mol. The summed E-state index contributed by atoms with van der Waals surface area (Å²) in [6.07, 6.45) is 7.48. The first-order valence-electron chi connectivity index (χ1n) is 13.7. The molecule has 5 rings (SSSR count). The van der Waals surface area contributed by atoms with Crippen molar-refractivity contribution in [2.45, 2.75) is 19.3 Å². The molecule has 0 bridgehead atoms. The van der Waals surface area contributed by atoms with Gasteiger partial charge in [-0.25, -0.2) is 0 Å². The molecule has 3 aromatic carbocycles. The summed E-state index contributed by atoms with van der Waals surface area (Å²) >= 11 is 12.1. The Bertz CT molecular complexity index is 1330. The maximum Gasteiger partial charge on any atom is 0.254 e. The van der Waals surface area contributed by atoms with Gasteiger partial charge < -0.3 is 9.64 Å². The van der Waals surface area contributed by atoms with E-state index in [1.807, 2.05) is 48.6 Å². The highest BCUT2D eigenvalue weighted by Crippen LogP contribution is 2.25. The first-order chi connectivity index (χ1) is 19.4. The van der Waals surface area contributed by atoms with Crippen molar-refractivity contribution in [1.29, 1.82) is 0 Å². The molecule has 214 valence electrons. The molecule has 0 atom stereocenters. The van der Waals surface area contributed by atoms with Crippen LogP contribution < -0.4 is 4.74 Å². The molecule has 2 heterocycles. The van der Waals surface area contributed by atoms with Crippen LogP contribution in [0.5, 0.6) is 5.75 Å². The van der Waals surface area contributed by atoms with Gasteiger partial charge in [0.05, 0.1) is 13.1 Å². The second-order valence-electron chi connectivity index (χ2n) is 10.2. The maximum atomic E-state index is 13.6. The quantitative estimate of drug-likeness (QED) is 0.260. The first-order valence-corrected chi connectivity index (χ1v) is 14.4. The molecule has 2 aliphatic heterocycles. The molecule has 2 aliphatic rings. The van der Waals surface area contributed by atoms with Crippen molar-refractivity contribution in [2.24, 2.45) is 0 Å². The number of ketones is 1. The van der Waals surface area contributed by atoms with Crippen molar-refractivity contribution in [3.8, 4) is 5.75 Å². The Morgan fingerprint density at radius 2 is 1.27 bits per heavy atom. The zero-order valence-corrected chi connectivity index (χ0v) is 25.1. The number of Topliss-reactive ketones (excluding diaryl/α,β-unsaturated/α-hetero) is 1. The van der Waals surface area contributed by atoms with Crippen molar-refractivity contribution in [3.05, 3.63) is 111 Å². The minimum atomic E-state index is -0.142. The molecule has 0 N–H and O–H groups in total. The Kier molecular flexibility index (Phi) is 11.1. The van der Waals surface area contributed by atoms with E-state index in [4.69, 9.17) is 27.9 Å². The molecule has 8 heteroatoms. The van der Waals surface area contributed by atoms with Crippen LogP contribution in [-0.4, -0.2) is 60.8 Å². The number of hydrogen-bond acceptors (Lipinski definition) is 4. The van der Waals surface area contributed by atoms with Crippen molar-refractivity contribution in [2.75, 3.05) is 39.3 Å². The van der Waals surface area contributed by atoms with E-state index in [2.05, 4.69) is 4.90 Å².